The van der Waals surface area contributed by atoms with Crippen molar-refractivity contribution in [1.82, 2.24) is 4.98 Å². The zero-order chi connectivity index (χ0) is 9.94. The molecule has 0 saturated carbocycles. The van der Waals surface area contributed by atoms with Crippen LogP contribution in [0, 0.1) is 0 Å². The molecule has 0 aliphatic rings. The first kappa shape index (κ1) is 12.2. The molecule has 13 heavy (non-hydrogen) atoms. The molecule has 76 valence electrons. The van der Waals surface area contributed by atoms with E-state index in [1.165, 1.54) is 0 Å². The van der Waals surface area contributed by atoms with Gasteiger partial charge in [0.25, 0.3) is 0 Å². The maximum absolute atomic E-state index is 5.06. The number of nitrogens with one attached hydrogen (secondary N) is 1. The maximum atomic E-state index is 5.06. The molecule has 0 fully saturated rings. The summed E-state index contributed by atoms with van der Waals surface area (Å²) < 4.78 is 10.1. The van der Waals surface area contributed by atoms with Crippen LogP contribution in [0.25, 0.3) is 0 Å². The molecule has 0 bridgehead atoms. The van der Waals surface area contributed by atoms with Crippen LogP contribution in [-0.4, -0.2) is 24.5 Å². The molecule has 3 nitrogen and oxygen atoms in total. The van der Waals surface area contributed by atoms with Crippen LogP contribution in [0.5, 0.6) is 0 Å². The molecule has 0 radical (unpaired) electrons. The molecule has 1 rings (SSSR count). The molecule has 1 N–H and O–H groups in total. The van der Waals surface area contributed by atoms with Gasteiger partial charge in [-0.1, -0.05) is 0 Å². The minimum absolute atomic E-state index is 0.0370. The van der Waals surface area contributed by atoms with Crippen molar-refractivity contribution >= 4 is 0 Å². The Bertz CT molecular complexity index is 140. The number of aromatic amines is 1. The molecule has 1 aromatic heterocycles. The quantitative estimate of drug-likeness (QED) is 0.731. The van der Waals surface area contributed by atoms with E-state index < -0.39 is 0 Å². The highest BCUT2D eigenvalue weighted by molar-refractivity contribution is 4.84. The number of aromatic nitrogens is 1. The molecule has 0 spiro atoms. The van der Waals surface area contributed by atoms with Crippen LogP contribution in [0.4, 0.5) is 0 Å². The predicted molar refractivity (Wildman–Crippen MR) is 53.5 cm³/mol. The van der Waals surface area contributed by atoms with Crippen LogP contribution in [0.15, 0.2) is 24.5 Å². The number of rotatable bonds is 4. The van der Waals surface area contributed by atoms with E-state index >= 15 is 0 Å². The summed E-state index contributed by atoms with van der Waals surface area (Å²) >= 11 is 0. The topological polar surface area (TPSA) is 34.2 Å². The highest BCUT2D eigenvalue weighted by Crippen LogP contribution is 1.90. The third-order valence-corrected chi connectivity index (χ3v) is 1.30. The van der Waals surface area contributed by atoms with Crippen LogP contribution < -0.4 is 0 Å². The largest absolute Gasteiger partial charge is 0.368 e. The van der Waals surface area contributed by atoms with Gasteiger partial charge >= 0.3 is 0 Å². The van der Waals surface area contributed by atoms with Crippen LogP contribution in [0.2, 0.25) is 0 Å². The van der Waals surface area contributed by atoms with E-state index in [1.807, 2.05) is 45.3 Å². The second-order valence-electron chi connectivity index (χ2n) is 2.36. The summed E-state index contributed by atoms with van der Waals surface area (Å²) in [5.74, 6) is 0. The van der Waals surface area contributed by atoms with E-state index in [1.54, 1.807) is 0 Å². The van der Waals surface area contributed by atoms with E-state index in [-0.39, 0.29) is 6.29 Å². The fraction of sp³-hybridized carbons (Fsp3) is 0.600. The van der Waals surface area contributed by atoms with Gasteiger partial charge in [0.2, 0.25) is 0 Å². The van der Waals surface area contributed by atoms with Crippen molar-refractivity contribution in [3.63, 3.8) is 0 Å². The van der Waals surface area contributed by atoms with Crippen molar-refractivity contribution in [2.24, 2.45) is 0 Å². The average molecular weight is 185 g/mol. The Morgan fingerprint density at radius 1 is 1.08 bits per heavy atom. The lowest BCUT2D eigenvalue weighted by Crippen LogP contribution is -2.11. The number of hydrogen-bond donors (Lipinski definition) is 1. The molecular formula is C10H19NO2. The first-order valence-electron chi connectivity index (χ1n) is 4.62. The van der Waals surface area contributed by atoms with Crippen molar-refractivity contribution in [3.8, 4) is 0 Å². The van der Waals surface area contributed by atoms with Gasteiger partial charge in [-0.05, 0) is 32.9 Å². The van der Waals surface area contributed by atoms with E-state index in [9.17, 15) is 0 Å². The van der Waals surface area contributed by atoms with Gasteiger partial charge in [0.15, 0.2) is 6.29 Å². The lowest BCUT2D eigenvalue weighted by atomic mass is 10.7. The van der Waals surface area contributed by atoms with Crippen LogP contribution >= 0.6 is 0 Å². The Morgan fingerprint density at radius 3 is 1.77 bits per heavy atom. The second-order valence-corrected chi connectivity index (χ2v) is 2.36. The molecule has 0 amide bonds. The Kier molecular flexibility index (Phi) is 8.72. The fourth-order valence-corrected chi connectivity index (χ4v) is 0.795. The van der Waals surface area contributed by atoms with Crippen molar-refractivity contribution in [3.05, 3.63) is 24.5 Å². The standard InChI is InChI=1S/C6H14O2.C4H5N/c1-4-7-6(3)8-5-2;1-2-4-5-3-1/h6H,4-5H2,1-3H3;1-5H. The SMILES string of the molecule is CCOC(C)OCC.c1cc[nH]c1. The first-order chi connectivity index (χ1) is 6.31. The third-order valence-electron chi connectivity index (χ3n) is 1.30. The fourth-order valence-electron chi connectivity index (χ4n) is 0.795. The van der Waals surface area contributed by atoms with E-state index in [2.05, 4.69) is 4.98 Å². The minimum atomic E-state index is -0.0370. The summed E-state index contributed by atoms with van der Waals surface area (Å²) in [4.78, 5) is 2.86. The van der Waals surface area contributed by atoms with Gasteiger partial charge in [-0.3, -0.25) is 0 Å². The highest BCUT2D eigenvalue weighted by atomic mass is 16.7. The number of H-pyrrole nitrogens is 1. The summed E-state index contributed by atoms with van der Waals surface area (Å²) in [6, 6.07) is 3.89. The summed E-state index contributed by atoms with van der Waals surface area (Å²) in [5, 5.41) is 0. The molecule has 1 heterocycles. The number of hydrogen-bond acceptors (Lipinski definition) is 2. The van der Waals surface area contributed by atoms with Gasteiger partial charge in [0, 0.05) is 25.6 Å². The second kappa shape index (κ2) is 9.29. The van der Waals surface area contributed by atoms with Gasteiger partial charge in [-0.2, -0.15) is 0 Å². The van der Waals surface area contributed by atoms with Crippen molar-refractivity contribution in [2.45, 2.75) is 27.1 Å². The molecular weight excluding hydrogens is 166 g/mol. The van der Waals surface area contributed by atoms with Gasteiger partial charge in [-0.25, -0.2) is 0 Å². The minimum Gasteiger partial charge on any atom is -0.368 e. The van der Waals surface area contributed by atoms with Crippen molar-refractivity contribution in [2.75, 3.05) is 13.2 Å². The Balaban J connectivity index is 0.000000243. The van der Waals surface area contributed by atoms with Gasteiger partial charge in [-0.15, -0.1) is 0 Å². The van der Waals surface area contributed by atoms with E-state index in [4.69, 9.17) is 9.47 Å². The lowest BCUT2D eigenvalue weighted by molar-refractivity contribution is -0.123. The smallest absolute Gasteiger partial charge is 0.154 e. The van der Waals surface area contributed by atoms with Crippen LogP contribution in [0.3, 0.4) is 0 Å². The summed E-state index contributed by atoms with van der Waals surface area (Å²) in [7, 11) is 0. The molecule has 3 heteroatoms. The highest BCUT2D eigenvalue weighted by Gasteiger charge is 1.94. The van der Waals surface area contributed by atoms with Gasteiger partial charge in [0.05, 0.1) is 0 Å². The molecule has 0 aliphatic carbocycles. The zero-order valence-corrected chi connectivity index (χ0v) is 8.62. The average Bonchev–Trinajstić information content (AvgIpc) is 2.61. The van der Waals surface area contributed by atoms with Gasteiger partial charge < -0.3 is 14.5 Å². The lowest BCUT2D eigenvalue weighted by Gasteiger charge is -2.09. The summed E-state index contributed by atoms with van der Waals surface area (Å²) in [5.41, 5.74) is 0. The number of ether oxygens (including phenoxy) is 2. The zero-order valence-electron chi connectivity index (χ0n) is 8.62. The Labute approximate surface area is 80.1 Å². The monoisotopic (exact) mass is 185 g/mol. The van der Waals surface area contributed by atoms with Crippen LogP contribution in [-0.2, 0) is 9.47 Å². The Hall–Kier alpha value is -0.800. The van der Waals surface area contributed by atoms with Crippen molar-refractivity contribution < 1.29 is 9.47 Å². The van der Waals surface area contributed by atoms with Gasteiger partial charge in [0.1, 0.15) is 0 Å². The molecule has 0 aliphatic heterocycles. The molecule has 0 unspecified atom stereocenters. The Morgan fingerprint density at radius 2 is 1.54 bits per heavy atom. The van der Waals surface area contributed by atoms with Crippen LogP contribution in [0.1, 0.15) is 20.8 Å². The van der Waals surface area contributed by atoms with E-state index in [0.29, 0.717) is 0 Å². The van der Waals surface area contributed by atoms with Crippen molar-refractivity contribution in [1.29, 1.82) is 0 Å². The molecule has 0 saturated heterocycles. The maximum Gasteiger partial charge on any atom is 0.154 e. The molecule has 0 atom stereocenters. The normalized spacial score (nSPS) is 9.54. The third kappa shape index (κ3) is 9.11. The predicted octanol–water partition coefficient (Wildman–Crippen LogP) is 2.42. The summed E-state index contributed by atoms with van der Waals surface area (Å²) in [6.45, 7) is 7.25. The summed E-state index contributed by atoms with van der Waals surface area (Å²) in [6.07, 6.45) is 3.71. The molecule has 0 aromatic carbocycles. The first-order valence-corrected chi connectivity index (χ1v) is 4.62. The van der Waals surface area contributed by atoms with E-state index in [0.717, 1.165) is 13.2 Å². The molecule has 1 aromatic rings.